The lowest BCUT2D eigenvalue weighted by Gasteiger charge is -2.23. The van der Waals surface area contributed by atoms with Crippen molar-refractivity contribution in [2.24, 2.45) is 0 Å². The largest absolute Gasteiger partial charge is 0.467 e. The third-order valence-corrected chi connectivity index (χ3v) is 3.43. The van der Waals surface area contributed by atoms with Crippen LogP contribution in [-0.2, 0) is 6.54 Å². The number of furan rings is 1. The Bertz CT molecular complexity index is 707. The summed E-state index contributed by atoms with van der Waals surface area (Å²) in [6.45, 7) is 3.74. The summed E-state index contributed by atoms with van der Waals surface area (Å²) in [6, 6.07) is 11.8. The van der Waals surface area contributed by atoms with Crippen LogP contribution in [0.4, 0.5) is 11.4 Å². The molecule has 0 saturated carbocycles. The van der Waals surface area contributed by atoms with Crippen LogP contribution in [0.3, 0.4) is 0 Å². The number of benzene rings is 1. The third kappa shape index (κ3) is 2.20. The van der Waals surface area contributed by atoms with Crippen molar-refractivity contribution in [2.75, 3.05) is 17.2 Å². The Labute approximate surface area is 117 Å². The zero-order valence-corrected chi connectivity index (χ0v) is 11.4. The highest BCUT2D eigenvalue weighted by Gasteiger charge is 2.12. The van der Waals surface area contributed by atoms with Crippen molar-refractivity contribution in [2.45, 2.75) is 13.5 Å². The van der Waals surface area contributed by atoms with E-state index < -0.39 is 0 Å². The summed E-state index contributed by atoms with van der Waals surface area (Å²) >= 11 is 0. The zero-order valence-electron chi connectivity index (χ0n) is 11.4. The van der Waals surface area contributed by atoms with Crippen LogP contribution in [0.1, 0.15) is 12.7 Å². The van der Waals surface area contributed by atoms with Crippen molar-refractivity contribution in [1.29, 1.82) is 0 Å². The van der Waals surface area contributed by atoms with E-state index >= 15 is 0 Å². The first-order valence-electron chi connectivity index (χ1n) is 6.70. The zero-order chi connectivity index (χ0) is 13.9. The van der Waals surface area contributed by atoms with Gasteiger partial charge in [-0.1, -0.05) is 0 Å². The number of hydrogen-bond acceptors (Lipinski definition) is 4. The molecule has 0 saturated heterocycles. The van der Waals surface area contributed by atoms with Crippen molar-refractivity contribution < 1.29 is 4.42 Å². The van der Waals surface area contributed by atoms with Crippen LogP contribution in [0.25, 0.3) is 10.9 Å². The van der Waals surface area contributed by atoms with Crippen LogP contribution >= 0.6 is 0 Å². The van der Waals surface area contributed by atoms with Gasteiger partial charge in [-0.2, -0.15) is 0 Å². The first-order chi connectivity index (χ1) is 9.79. The molecule has 20 heavy (non-hydrogen) atoms. The minimum atomic E-state index is 0.707. The van der Waals surface area contributed by atoms with Crippen molar-refractivity contribution in [3.05, 3.63) is 54.6 Å². The molecule has 3 rings (SSSR count). The molecule has 2 heterocycles. The standard InChI is InChI=1S/C16H17N3O/c1-2-19(11-12-5-4-10-20-12)15-8-7-14(17)16-13(15)6-3-9-18-16/h3-10H,2,11,17H2,1H3. The molecule has 4 heteroatoms. The molecule has 0 aliphatic heterocycles. The Morgan fingerprint density at radius 3 is 2.85 bits per heavy atom. The summed E-state index contributed by atoms with van der Waals surface area (Å²) in [7, 11) is 0. The predicted octanol–water partition coefficient (Wildman–Crippen LogP) is 3.44. The Morgan fingerprint density at radius 2 is 2.10 bits per heavy atom. The second-order valence-corrected chi connectivity index (χ2v) is 4.67. The van der Waals surface area contributed by atoms with Gasteiger partial charge in [-0.05, 0) is 43.3 Å². The van der Waals surface area contributed by atoms with E-state index in [1.54, 1.807) is 12.5 Å². The van der Waals surface area contributed by atoms with Crippen molar-refractivity contribution in [3.63, 3.8) is 0 Å². The summed E-state index contributed by atoms with van der Waals surface area (Å²) in [6.07, 6.45) is 3.47. The van der Waals surface area contributed by atoms with Crippen LogP contribution in [0.2, 0.25) is 0 Å². The number of anilines is 2. The smallest absolute Gasteiger partial charge is 0.123 e. The molecule has 0 bridgehead atoms. The number of rotatable bonds is 4. The molecular weight excluding hydrogens is 250 g/mol. The fourth-order valence-electron chi connectivity index (χ4n) is 2.41. The number of nitrogen functional groups attached to an aromatic ring is 1. The molecule has 102 valence electrons. The SMILES string of the molecule is CCN(Cc1ccco1)c1ccc(N)c2ncccc12. The fourth-order valence-corrected chi connectivity index (χ4v) is 2.41. The topological polar surface area (TPSA) is 55.3 Å². The van der Waals surface area contributed by atoms with Crippen LogP contribution in [0.5, 0.6) is 0 Å². The van der Waals surface area contributed by atoms with Crippen molar-refractivity contribution in [1.82, 2.24) is 4.98 Å². The van der Waals surface area contributed by atoms with Gasteiger partial charge in [-0.3, -0.25) is 4.98 Å². The van der Waals surface area contributed by atoms with Gasteiger partial charge in [0, 0.05) is 23.8 Å². The van der Waals surface area contributed by atoms with Crippen molar-refractivity contribution in [3.8, 4) is 0 Å². The molecule has 0 radical (unpaired) electrons. The fraction of sp³-hybridized carbons (Fsp3) is 0.188. The molecule has 3 aromatic rings. The van der Waals surface area contributed by atoms with Crippen LogP contribution in [0, 0.1) is 0 Å². The normalized spacial score (nSPS) is 10.8. The molecule has 0 atom stereocenters. The average molecular weight is 267 g/mol. The van der Waals surface area contributed by atoms with Gasteiger partial charge in [-0.15, -0.1) is 0 Å². The van der Waals surface area contributed by atoms with Gasteiger partial charge < -0.3 is 15.1 Å². The second-order valence-electron chi connectivity index (χ2n) is 4.67. The highest BCUT2D eigenvalue weighted by atomic mass is 16.3. The Morgan fingerprint density at radius 1 is 1.20 bits per heavy atom. The summed E-state index contributed by atoms with van der Waals surface area (Å²) < 4.78 is 5.44. The van der Waals surface area contributed by atoms with E-state index in [1.165, 1.54) is 0 Å². The van der Waals surface area contributed by atoms with E-state index in [9.17, 15) is 0 Å². The minimum Gasteiger partial charge on any atom is -0.467 e. The summed E-state index contributed by atoms with van der Waals surface area (Å²) in [5.41, 5.74) is 8.69. The highest BCUT2D eigenvalue weighted by molar-refractivity contribution is 5.98. The van der Waals surface area contributed by atoms with E-state index in [0.29, 0.717) is 5.69 Å². The van der Waals surface area contributed by atoms with Gasteiger partial charge in [0.2, 0.25) is 0 Å². The molecule has 0 aliphatic carbocycles. The molecule has 2 aromatic heterocycles. The molecule has 2 N–H and O–H groups in total. The molecule has 0 amide bonds. The maximum absolute atomic E-state index is 6.00. The number of pyridine rings is 1. The maximum Gasteiger partial charge on any atom is 0.123 e. The highest BCUT2D eigenvalue weighted by Crippen LogP contribution is 2.30. The number of fused-ring (bicyclic) bond motifs is 1. The number of nitrogens with zero attached hydrogens (tertiary/aromatic N) is 2. The van der Waals surface area contributed by atoms with E-state index in [0.717, 1.165) is 35.4 Å². The molecular formula is C16H17N3O. The lowest BCUT2D eigenvalue weighted by molar-refractivity contribution is 0.504. The van der Waals surface area contributed by atoms with Crippen LogP contribution in [0.15, 0.2) is 53.3 Å². The lowest BCUT2D eigenvalue weighted by Crippen LogP contribution is -2.22. The Balaban J connectivity index is 2.05. The molecule has 0 spiro atoms. The predicted molar refractivity (Wildman–Crippen MR) is 81.6 cm³/mol. The van der Waals surface area contributed by atoms with E-state index in [4.69, 9.17) is 10.2 Å². The van der Waals surface area contributed by atoms with Crippen molar-refractivity contribution >= 4 is 22.3 Å². The Kier molecular flexibility index (Phi) is 3.29. The first-order valence-corrected chi connectivity index (χ1v) is 6.70. The van der Waals surface area contributed by atoms with Crippen LogP contribution < -0.4 is 10.6 Å². The van der Waals surface area contributed by atoms with Gasteiger partial charge in [0.05, 0.1) is 24.0 Å². The maximum atomic E-state index is 6.00. The number of aromatic nitrogens is 1. The quantitative estimate of drug-likeness (QED) is 0.736. The molecule has 0 aliphatic rings. The van der Waals surface area contributed by atoms with Gasteiger partial charge >= 0.3 is 0 Å². The summed E-state index contributed by atoms with van der Waals surface area (Å²) in [4.78, 5) is 6.63. The molecule has 1 aromatic carbocycles. The van der Waals surface area contributed by atoms with Crippen LogP contribution in [-0.4, -0.2) is 11.5 Å². The minimum absolute atomic E-state index is 0.707. The molecule has 0 fully saturated rings. The van der Waals surface area contributed by atoms with Gasteiger partial charge in [-0.25, -0.2) is 0 Å². The van der Waals surface area contributed by atoms with Gasteiger partial charge in [0.15, 0.2) is 0 Å². The van der Waals surface area contributed by atoms with Gasteiger partial charge in [0.1, 0.15) is 5.76 Å². The molecule has 0 unspecified atom stereocenters. The first kappa shape index (κ1) is 12.5. The summed E-state index contributed by atoms with van der Waals surface area (Å²) in [5.74, 6) is 0.945. The van der Waals surface area contributed by atoms with E-state index in [-0.39, 0.29) is 0 Å². The number of hydrogen-bond donors (Lipinski definition) is 1. The average Bonchev–Trinajstić information content (AvgIpc) is 2.99. The van der Waals surface area contributed by atoms with Gasteiger partial charge in [0.25, 0.3) is 0 Å². The Hall–Kier alpha value is -2.49. The third-order valence-electron chi connectivity index (χ3n) is 3.43. The number of nitrogens with two attached hydrogens (primary N) is 1. The summed E-state index contributed by atoms with van der Waals surface area (Å²) in [5, 5.41) is 1.07. The monoisotopic (exact) mass is 267 g/mol. The second kappa shape index (κ2) is 5.25. The van der Waals surface area contributed by atoms with E-state index in [2.05, 4.69) is 22.9 Å². The van der Waals surface area contributed by atoms with E-state index in [1.807, 2.05) is 30.3 Å². The molecule has 4 nitrogen and oxygen atoms in total. The lowest BCUT2D eigenvalue weighted by atomic mass is 10.1.